The molecule has 1 saturated carbocycles. The van der Waals surface area contributed by atoms with Crippen molar-refractivity contribution in [1.82, 2.24) is 14.9 Å². The molecule has 3 rings (SSSR count). The number of halogens is 1. The van der Waals surface area contributed by atoms with Crippen molar-refractivity contribution in [3.05, 3.63) is 29.0 Å². The van der Waals surface area contributed by atoms with Crippen molar-refractivity contribution in [2.45, 2.75) is 38.3 Å². The quantitative estimate of drug-likeness (QED) is 0.921. The molecule has 18 heavy (non-hydrogen) atoms. The van der Waals surface area contributed by atoms with Gasteiger partial charge in [-0.15, -0.1) is 0 Å². The van der Waals surface area contributed by atoms with E-state index in [-0.39, 0.29) is 0 Å². The van der Waals surface area contributed by atoms with Gasteiger partial charge in [-0.2, -0.15) is 0 Å². The van der Waals surface area contributed by atoms with Crippen LogP contribution in [0.4, 0.5) is 0 Å². The number of nitrogens with zero attached hydrogens (tertiary/aromatic N) is 2. The molecule has 0 amide bonds. The Morgan fingerprint density at radius 3 is 2.89 bits per heavy atom. The van der Waals surface area contributed by atoms with Crippen molar-refractivity contribution in [2.24, 2.45) is 7.05 Å². The molecule has 1 aromatic carbocycles. The van der Waals surface area contributed by atoms with Gasteiger partial charge in [-0.25, -0.2) is 4.98 Å². The molecule has 1 aliphatic carbocycles. The number of aryl methyl sites for hydroxylation is 1. The van der Waals surface area contributed by atoms with Crippen molar-refractivity contribution < 1.29 is 0 Å². The van der Waals surface area contributed by atoms with Gasteiger partial charge < -0.3 is 9.88 Å². The average Bonchev–Trinajstić information content (AvgIpc) is 2.96. The van der Waals surface area contributed by atoms with Gasteiger partial charge in [0.25, 0.3) is 0 Å². The van der Waals surface area contributed by atoms with Crippen LogP contribution < -0.4 is 5.32 Å². The van der Waals surface area contributed by atoms with E-state index in [1.54, 1.807) is 0 Å². The maximum atomic E-state index is 6.22. The lowest BCUT2D eigenvalue weighted by molar-refractivity contribution is 0.508. The lowest BCUT2D eigenvalue weighted by Gasteiger charge is -2.11. The number of hydrogen-bond acceptors (Lipinski definition) is 2. The minimum atomic E-state index is 0.667. The van der Waals surface area contributed by atoms with Crippen LogP contribution in [0.2, 0.25) is 5.02 Å². The van der Waals surface area contributed by atoms with Gasteiger partial charge in [0.2, 0.25) is 0 Å². The highest BCUT2D eigenvalue weighted by Crippen LogP contribution is 2.24. The summed E-state index contributed by atoms with van der Waals surface area (Å²) in [6, 6.07) is 6.55. The second kappa shape index (κ2) is 4.90. The molecule has 1 aromatic heterocycles. The van der Waals surface area contributed by atoms with Crippen LogP contribution in [-0.4, -0.2) is 15.6 Å². The van der Waals surface area contributed by atoms with Crippen LogP contribution >= 0.6 is 11.6 Å². The van der Waals surface area contributed by atoms with Crippen LogP contribution in [0.15, 0.2) is 18.2 Å². The molecule has 4 heteroatoms. The smallest absolute Gasteiger partial charge is 0.123 e. The molecule has 1 heterocycles. The Bertz CT molecular complexity index is 555. The number of hydrogen-bond donors (Lipinski definition) is 1. The maximum absolute atomic E-state index is 6.22. The Morgan fingerprint density at radius 1 is 1.39 bits per heavy atom. The maximum Gasteiger partial charge on any atom is 0.123 e. The van der Waals surface area contributed by atoms with E-state index in [2.05, 4.69) is 14.9 Å². The number of nitrogens with one attached hydrogen (secondary N) is 1. The van der Waals surface area contributed by atoms with Crippen molar-refractivity contribution in [1.29, 1.82) is 0 Å². The van der Waals surface area contributed by atoms with Gasteiger partial charge in [0.05, 0.1) is 22.6 Å². The summed E-state index contributed by atoms with van der Waals surface area (Å²) >= 11 is 6.22. The fraction of sp³-hybridized carbons (Fsp3) is 0.500. The van der Waals surface area contributed by atoms with Gasteiger partial charge in [-0.1, -0.05) is 30.5 Å². The SMILES string of the molecule is Cn1c(CNC2CCCC2)nc2cccc(Cl)c21. The number of aromatic nitrogens is 2. The van der Waals surface area contributed by atoms with E-state index in [1.807, 2.05) is 25.2 Å². The Hall–Kier alpha value is -1.06. The standard InChI is InChI=1S/C14H18ClN3/c1-18-13(9-16-10-5-2-3-6-10)17-12-8-4-7-11(15)14(12)18/h4,7-8,10,16H,2-3,5-6,9H2,1H3. The van der Waals surface area contributed by atoms with Crippen LogP contribution in [0.1, 0.15) is 31.5 Å². The highest BCUT2D eigenvalue weighted by atomic mass is 35.5. The second-order valence-corrected chi connectivity index (χ2v) is 5.46. The van der Waals surface area contributed by atoms with E-state index in [0.29, 0.717) is 6.04 Å². The minimum Gasteiger partial charge on any atom is -0.329 e. The summed E-state index contributed by atoms with van der Waals surface area (Å²) in [5.41, 5.74) is 2.01. The van der Waals surface area contributed by atoms with Gasteiger partial charge in [0.1, 0.15) is 5.82 Å². The van der Waals surface area contributed by atoms with Crippen LogP contribution in [0.3, 0.4) is 0 Å². The molecule has 3 nitrogen and oxygen atoms in total. The first-order chi connectivity index (χ1) is 8.75. The molecule has 1 aliphatic rings. The monoisotopic (exact) mass is 263 g/mol. The first-order valence-electron chi connectivity index (χ1n) is 6.59. The van der Waals surface area contributed by atoms with E-state index in [0.717, 1.165) is 28.4 Å². The summed E-state index contributed by atoms with van der Waals surface area (Å²) in [4.78, 5) is 4.65. The summed E-state index contributed by atoms with van der Waals surface area (Å²) in [5.74, 6) is 1.06. The minimum absolute atomic E-state index is 0.667. The molecule has 0 atom stereocenters. The van der Waals surface area contributed by atoms with E-state index >= 15 is 0 Å². The van der Waals surface area contributed by atoms with E-state index < -0.39 is 0 Å². The first kappa shape index (κ1) is 12.0. The second-order valence-electron chi connectivity index (χ2n) is 5.06. The van der Waals surface area contributed by atoms with Crippen LogP contribution in [0.5, 0.6) is 0 Å². The molecule has 0 spiro atoms. The van der Waals surface area contributed by atoms with Crippen molar-refractivity contribution in [2.75, 3.05) is 0 Å². The summed E-state index contributed by atoms with van der Waals surface area (Å²) in [7, 11) is 2.03. The van der Waals surface area contributed by atoms with Gasteiger partial charge in [-0.3, -0.25) is 0 Å². The van der Waals surface area contributed by atoms with Crippen molar-refractivity contribution >= 4 is 22.6 Å². The van der Waals surface area contributed by atoms with Gasteiger partial charge >= 0.3 is 0 Å². The number of benzene rings is 1. The number of fused-ring (bicyclic) bond motifs is 1. The fourth-order valence-corrected chi connectivity index (χ4v) is 3.09. The third-order valence-electron chi connectivity index (χ3n) is 3.84. The zero-order chi connectivity index (χ0) is 12.5. The van der Waals surface area contributed by atoms with E-state index in [9.17, 15) is 0 Å². The molecule has 96 valence electrons. The van der Waals surface area contributed by atoms with Gasteiger partial charge in [-0.05, 0) is 25.0 Å². The number of imidazole rings is 1. The first-order valence-corrected chi connectivity index (χ1v) is 6.96. The molecule has 1 fully saturated rings. The van der Waals surface area contributed by atoms with Crippen LogP contribution in [0, 0.1) is 0 Å². The lowest BCUT2D eigenvalue weighted by Crippen LogP contribution is -2.26. The van der Waals surface area contributed by atoms with Crippen molar-refractivity contribution in [3.63, 3.8) is 0 Å². The third-order valence-corrected chi connectivity index (χ3v) is 4.15. The van der Waals surface area contributed by atoms with Crippen molar-refractivity contribution in [3.8, 4) is 0 Å². The van der Waals surface area contributed by atoms with Gasteiger partial charge in [0.15, 0.2) is 0 Å². The predicted molar refractivity (Wildman–Crippen MR) is 74.8 cm³/mol. The summed E-state index contributed by atoms with van der Waals surface area (Å²) in [6.45, 7) is 0.826. The zero-order valence-electron chi connectivity index (χ0n) is 10.6. The van der Waals surface area contributed by atoms with Gasteiger partial charge in [0, 0.05) is 13.1 Å². The normalized spacial score (nSPS) is 16.8. The average molecular weight is 264 g/mol. The molecule has 0 bridgehead atoms. The molecule has 0 unspecified atom stereocenters. The number of rotatable bonds is 3. The molecular weight excluding hydrogens is 246 g/mol. The molecule has 0 saturated heterocycles. The molecule has 0 radical (unpaired) electrons. The lowest BCUT2D eigenvalue weighted by atomic mass is 10.2. The third kappa shape index (κ3) is 2.13. The highest BCUT2D eigenvalue weighted by molar-refractivity contribution is 6.35. The summed E-state index contributed by atoms with van der Waals surface area (Å²) in [5, 5.41) is 4.37. The Kier molecular flexibility index (Phi) is 3.27. The topological polar surface area (TPSA) is 29.9 Å². The Balaban J connectivity index is 1.83. The molecule has 2 aromatic rings. The Morgan fingerprint density at radius 2 is 2.17 bits per heavy atom. The molecule has 0 aliphatic heterocycles. The number of para-hydroxylation sites is 1. The predicted octanol–water partition coefficient (Wildman–Crippen LogP) is 3.26. The van der Waals surface area contributed by atoms with Crippen LogP contribution in [0.25, 0.3) is 11.0 Å². The summed E-state index contributed by atoms with van der Waals surface area (Å²) in [6.07, 6.45) is 5.30. The molecule has 1 N–H and O–H groups in total. The van der Waals surface area contributed by atoms with Crippen LogP contribution in [-0.2, 0) is 13.6 Å². The Labute approximate surface area is 112 Å². The van der Waals surface area contributed by atoms with E-state index in [4.69, 9.17) is 11.6 Å². The largest absolute Gasteiger partial charge is 0.329 e. The highest BCUT2D eigenvalue weighted by Gasteiger charge is 2.16. The fourth-order valence-electron chi connectivity index (χ4n) is 2.79. The van der Waals surface area contributed by atoms with E-state index in [1.165, 1.54) is 25.7 Å². The zero-order valence-corrected chi connectivity index (χ0v) is 11.4. The summed E-state index contributed by atoms with van der Waals surface area (Å²) < 4.78 is 2.10. The molecular formula is C14H18ClN3.